The van der Waals surface area contributed by atoms with Crippen molar-refractivity contribution in [3.63, 3.8) is 0 Å². The predicted octanol–water partition coefficient (Wildman–Crippen LogP) is 3.32. The highest BCUT2D eigenvalue weighted by Crippen LogP contribution is 2.18. The Hall–Kier alpha value is -2.50. The monoisotopic (exact) mass is 369 g/mol. The molecule has 3 heterocycles. The molecule has 1 aliphatic heterocycles. The number of nitrogens with one attached hydrogen (secondary N) is 2. The molecule has 1 fully saturated rings. The molecule has 0 atom stereocenters. The molecule has 27 heavy (non-hydrogen) atoms. The first-order chi connectivity index (χ1) is 13.0. The highest BCUT2D eigenvalue weighted by Gasteiger charge is 2.21. The Morgan fingerprint density at radius 3 is 2.67 bits per heavy atom. The Morgan fingerprint density at radius 2 is 2.04 bits per heavy atom. The first kappa shape index (κ1) is 19.3. The molecule has 3 rings (SSSR count). The molecule has 2 N–H and O–H groups in total. The van der Waals surface area contributed by atoms with Crippen LogP contribution in [0.1, 0.15) is 42.5 Å². The standard InChI is InChI=1S/C21H31N5O/c1-5-22-21(23-14-18-13-16(3)27-17(18)4)25-19-9-11-26(12-10-19)20-8-6-7-15(2)24-20/h6-8,13,19H,5,9-12,14H2,1-4H3,(H2,22,23,25). The summed E-state index contributed by atoms with van der Waals surface area (Å²) in [6.07, 6.45) is 2.15. The molecule has 146 valence electrons. The van der Waals surface area contributed by atoms with E-state index in [4.69, 9.17) is 9.41 Å². The lowest BCUT2D eigenvalue weighted by Gasteiger charge is -2.34. The van der Waals surface area contributed by atoms with Crippen molar-refractivity contribution in [1.29, 1.82) is 0 Å². The fraction of sp³-hybridized carbons (Fsp3) is 0.524. The third-order valence-electron chi connectivity index (χ3n) is 4.93. The van der Waals surface area contributed by atoms with Crippen molar-refractivity contribution in [2.24, 2.45) is 4.99 Å². The van der Waals surface area contributed by atoms with Crippen LogP contribution in [0.15, 0.2) is 33.7 Å². The molecular formula is C21H31N5O. The molecule has 0 bridgehead atoms. The van der Waals surface area contributed by atoms with Gasteiger partial charge < -0.3 is 20.0 Å². The fourth-order valence-electron chi connectivity index (χ4n) is 3.48. The van der Waals surface area contributed by atoms with Gasteiger partial charge in [0.2, 0.25) is 0 Å². The number of rotatable bonds is 5. The number of hydrogen-bond donors (Lipinski definition) is 2. The summed E-state index contributed by atoms with van der Waals surface area (Å²) < 4.78 is 5.60. The largest absolute Gasteiger partial charge is 0.466 e. The second-order valence-corrected chi connectivity index (χ2v) is 7.18. The first-order valence-corrected chi connectivity index (χ1v) is 9.84. The summed E-state index contributed by atoms with van der Waals surface area (Å²) in [6.45, 7) is 11.6. The maximum absolute atomic E-state index is 5.60. The maximum Gasteiger partial charge on any atom is 0.191 e. The van der Waals surface area contributed by atoms with Gasteiger partial charge in [-0.2, -0.15) is 0 Å². The number of nitrogens with zero attached hydrogens (tertiary/aromatic N) is 3. The molecule has 0 unspecified atom stereocenters. The van der Waals surface area contributed by atoms with Crippen molar-refractivity contribution in [3.05, 3.63) is 47.0 Å². The van der Waals surface area contributed by atoms with Gasteiger partial charge in [0.25, 0.3) is 0 Å². The van der Waals surface area contributed by atoms with Gasteiger partial charge in [-0.3, -0.25) is 0 Å². The van der Waals surface area contributed by atoms with Crippen molar-refractivity contribution >= 4 is 11.8 Å². The Morgan fingerprint density at radius 1 is 1.26 bits per heavy atom. The number of guanidine groups is 1. The number of anilines is 1. The third kappa shape index (κ3) is 5.25. The lowest BCUT2D eigenvalue weighted by molar-refractivity contribution is 0.459. The second kappa shape index (κ2) is 8.93. The number of aliphatic imine (C=N–C) groups is 1. The third-order valence-corrected chi connectivity index (χ3v) is 4.93. The van der Waals surface area contributed by atoms with Crippen LogP contribution in [0.5, 0.6) is 0 Å². The quantitative estimate of drug-likeness (QED) is 0.625. The Bertz CT molecular complexity index is 775. The highest BCUT2D eigenvalue weighted by molar-refractivity contribution is 5.80. The van der Waals surface area contributed by atoms with Crippen molar-refractivity contribution in [2.45, 2.75) is 53.1 Å². The minimum atomic E-state index is 0.427. The summed E-state index contributed by atoms with van der Waals surface area (Å²) in [7, 11) is 0. The summed E-state index contributed by atoms with van der Waals surface area (Å²) in [5.74, 6) is 3.85. The van der Waals surface area contributed by atoms with E-state index in [0.717, 1.165) is 67.0 Å². The highest BCUT2D eigenvalue weighted by atomic mass is 16.3. The summed E-state index contributed by atoms with van der Waals surface area (Å²) in [6, 6.07) is 8.71. The average Bonchev–Trinajstić information content (AvgIpc) is 2.98. The number of furan rings is 1. The average molecular weight is 370 g/mol. The smallest absolute Gasteiger partial charge is 0.191 e. The zero-order valence-electron chi connectivity index (χ0n) is 16.9. The van der Waals surface area contributed by atoms with Gasteiger partial charge in [0.05, 0.1) is 6.54 Å². The first-order valence-electron chi connectivity index (χ1n) is 9.84. The van der Waals surface area contributed by atoms with Gasteiger partial charge in [-0.15, -0.1) is 0 Å². The van der Waals surface area contributed by atoms with Crippen LogP contribution in [-0.4, -0.2) is 36.6 Å². The van der Waals surface area contributed by atoms with Crippen LogP contribution in [0.4, 0.5) is 5.82 Å². The van der Waals surface area contributed by atoms with Crippen LogP contribution in [-0.2, 0) is 6.54 Å². The molecular weight excluding hydrogens is 338 g/mol. The number of hydrogen-bond acceptors (Lipinski definition) is 4. The van der Waals surface area contributed by atoms with Crippen LogP contribution >= 0.6 is 0 Å². The molecule has 2 aromatic heterocycles. The Balaban J connectivity index is 1.56. The van der Waals surface area contributed by atoms with Gasteiger partial charge in [-0.05, 0) is 58.7 Å². The molecule has 2 aromatic rings. The normalized spacial score (nSPS) is 15.9. The van der Waals surface area contributed by atoms with E-state index in [2.05, 4.69) is 45.6 Å². The van der Waals surface area contributed by atoms with E-state index in [0.29, 0.717) is 12.6 Å². The lowest BCUT2D eigenvalue weighted by Crippen LogP contribution is -2.48. The SMILES string of the molecule is CCNC(=NCc1cc(C)oc1C)NC1CCN(c2cccc(C)n2)CC1. The van der Waals surface area contributed by atoms with E-state index in [1.807, 2.05) is 26.8 Å². The van der Waals surface area contributed by atoms with Gasteiger partial charge in [-0.25, -0.2) is 9.98 Å². The van der Waals surface area contributed by atoms with Crippen LogP contribution in [0.2, 0.25) is 0 Å². The van der Waals surface area contributed by atoms with Gasteiger partial charge in [-0.1, -0.05) is 6.07 Å². The molecule has 0 radical (unpaired) electrons. The van der Waals surface area contributed by atoms with Crippen LogP contribution in [0.25, 0.3) is 0 Å². The van der Waals surface area contributed by atoms with Gasteiger partial charge >= 0.3 is 0 Å². The molecule has 1 saturated heterocycles. The molecule has 0 saturated carbocycles. The zero-order chi connectivity index (χ0) is 19.2. The van der Waals surface area contributed by atoms with E-state index >= 15 is 0 Å². The van der Waals surface area contributed by atoms with Gasteiger partial charge in [0, 0.05) is 36.9 Å². The number of piperidine rings is 1. The molecule has 0 aromatic carbocycles. The molecule has 0 spiro atoms. The van der Waals surface area contributed by atoms with Crippen molar-refractivity contribution < 1.29 is 4.42 Å². The van der Waals surface area contributed by atoms with E-state index in [1.165, 1.54) is 0 Å². The molecule has 6 nitrogen and oxygen atoms in total. The van der Waals surface area contributed by atoms with E-state index in [1.54, 1.807) is 0 Å². The molecule has 0 aliphatic carbocycles. The molecule has 6 heteroatoms. The Labute approximate surface area is 162 Å². The fourth-order valence-corrected chi connectivity index (χ4v) is 3.48. The number of pyridine rings is 1. The van der Waals surface area contributed by atoms with E-state index in [-0.39, 0.29) is 0 Å². The van der Waals surface area contributed by atoms with Gasteiger partial charge in [0.15, 0.2) is 5.96 Å². The summed E-state index contributed by atoms with van der Waals surface area (Å²) in [5.41, 5.74) is 2.21. The van der Waals surface area contributed by atoms with Gasteiger partial charge in [0.1, 0.15) is 17.3 Å². The number of aromatic nitrogens is 1. The molecule has 1 aliphatic rings. The van der Waals surface area contributed by atoms with Crippen molar-refractivity contribution in [3.8, 4) is 0 Å². The lowest BCUT2D eigenvalue weighted by atomic mass is 10.1. The summed E-state index contributed by atoms with van der Waals surface area (Å²) >= 11 is 0. The van der Waals surface area contributed by atoms with E-state index in [9.17, 15) is 0 Å². The minimum absolute atomic E-state index is 0.427. The van der Waals surface area contributed by atoms with Crippen molar-refractivity contribution in [2.75, 3.05) is 24.5 Å². The maximum atomic E-state index is 5.60. The zero-order valence-corrected chi connectivity index (χ0v) is 16.9. The van der Waals surface area contributed by atoms with E-state index < -0.39 is 0 Å². The summed E-state index contributed by atoms with van der Waals surface area (Å²) in [4.78, 5) is 11.8. The van der Waals surface area contributed by atoms with Crippen LogP contribution < -0.4 is 15.5 Å². The second-order valence-electron chi connectivity index (χ2n) is 7.18. The Kier molecular flexibility index (Phi) is 6.37. The number of aryl methyl sites for hydroxylation is 3. The molecule has 0 amide bonds. The van der Waals surface area contributed by atoms with Crippen molar-refractivity contribution in [1.82, 2.24) is 15.6 Å². The minimum Gasteiger partial charge on any atom is -0.466 e. The topological polar surface area (TPSA) is 65.7 Å². The predicted molar refractivity (Wildman–Crippen MR) is 110 cm³/mol. The summed E-state index contributed by atoms with van der Waals surface area (Å²) in [5, 5.41) is 6.96. The van der Waals surface area contributed by atoms with Crippen LogP contribution in [0.3, 0.4) is 0 Å². The van der Waals surface area contributed by atoms with Crippen LogP contribution in [0, 0.1) is 20.8 Å².